The monoisotopic (exact) mass is 861 g/mol. The largest absolute Gasteiger partial charge is 0.497 e. The summed E-state index contributed by atoms with van der Waals surface area (Å²) in [5.41, 5.74) is -3.25. The molecule has 0 radical (unpaired) electrons. The number of nitrogens with zero attached hydrogens (tertiary/aromatic N) is 3. The fraction of sp³-hybridized carbons (Fsp3) is 0.634. The fourth-order valence-electron chi connectivity index (χ4n) is 8.51. The number of carbonyl (C=O) groups is 4. The molecule has 4 amide bonds. The molecule has 7 atom stereocenters. The highest BCUT2D eigenvalue weighted by atomic mass is 32.2. The van der Waals surface area contributed by atoms with E-state index >= 15 is 4.79 Å². The minimum Gasteiger partial charge on any atom is -0.497 e. The average Bonchev–Trinajstić information content (AvgIpc) is 4.07. The van der Waals surface area contributed by atoms with Gasteiger partial charge in [-0.25, -0.2) is 22.0 Å². The number of benzene rings is 1. The van der Waals surface area contributed by atoms with E-state index < -0.39 is 92.4 Å². The van der Waals surface area contributed by atoms with Crippen LogP contribution in [0, 0.1) is 5.92 Å². The van der Waals surface area contributed by atoms with Crippen LogP contribution in [-0.2, 0) is 35.6 Å². The van der Waals surface area contributed by atoms with Gasteiger partial charge in [0.25, 0.3) is 12.3 Å². The number of allylic oxidation sites excluding steroid dienone is 1. The van der Waals surface area contributed by atoms with Crippen LogP contribution in [0.2, 0.25) is 0 Å². The van der Waals surface area contributed by atoms with Crippen molar-refractivity contribution in [3.8, 4) is 17.5 Å². The predicted molar refractivity (Wildman–Crippen MR) is 212 cm³/mol. The highest BCUT2D eigenvalue weighted by Gasteiger charge is 2.63. The summed E-state index contributed by atoms with van der Waals surface area (Å²) < 4.78 is 81.1. The Morgan fingerprint density at radius 1 is 1.18 bits per heavy atom. The number of carbonyl (C=O) groups excluding carboxylic acids is 3. The van der Waals surface area contributed by atoms with Crippen LogP contribution < -0.4 is 24.2 Å². The molecule has 3 fully saturated rings. The van der Waals surface area contributed by atoms with E-state index in [0.717, 1.165) is 36.1 Å². The van der Waals surface area contributed by atoms with E-state index in [1.807, 2.05) is 6.07 Å². The zero-order chi connectivity index (χ0) is 43.5. The lowest BCUT2D eigenvalue weighted by Gasteiger charge is -2.44. The highest BCUT2D eigenvalue weighted by molar-refractivity contribution is 7.91. The maximum atomic E-state index is 15.1. The van der Waals surface area contributed by atoms with Crippen LogP contribution in [0.3, 0.4) is 0 Å². The second-order valence-electron chi connectivity index (χ2n) is 17.4. The molecule has 2 aliphatic carbocycles. The van der Waals surface area contributed by atoms with E-state index in [1.54, 1.807) is 31.2 Å². The molecular weight excluding hydrogens is 809 g/mol. The molecular formula is C41H53F2N5O11S. The molecule has 2 aromatic rings. The number of methoxy groups -OCH3 is 1. The van der Waals surface area contributed by atoms with Crippen molar-refractivity contribution in [2.45, 2.75) is 139 Å². The predicted octanol–water partition coefficient (Wildman–Crippen LogP) is 4.33. The molecule has 2 saturated carbocycles. The first-order chi connectivity index (χ1) is 28.2. The van der Waals surface area contributed by atoms with E-state index in [1.165, 1.54) is 21.0 Å². The highest BCUT2D eigenvalue weighted by Crippen LogP contribution is 2.48. The van der Waals surface area contributed by atoms with E-state index in [-0.39, 0.29) is 25.3 Å². The van der Waals surface area contributed by atoms with Crippen LogP contribution in [0.4, 0.5) is 13.6 Å². The Morgan fingerprint density at radius 3 is 2.58 bits per heavy atom. The van der Waals surface area contributed by atoms with Crippen LogP contribution in [0.5, 0.6) is 17.5 Å². The van der Waals surface area contributed by atoms with Gasteiger partial charge in [0.15, 0.2) is 0 Å². The Morgan fingerprint density at radius 2 is 1.92 bits per heavy atom. The van der Waals surface area contributed by atoms with Gasteiger partial charge in [0.05, 0.1) is 37.2 Å². The third kappa shape index (κ3) is 7.94. The van der Waals surface area contributed by atoms with Gasteiger partial charge in [0, 0.05) is 23.3 Å². The molecule has 328 valence electrons. The number of aryl methyl sites for hydroxylation is 1. The molecule has 4 heterocycles. The van der Waals surface area contributed by atoms with Gasteiger partial charge < -0.3 is 34.3 Å². The van der Waals surface area contributed by atoms with Gasteiger partial charge in [-0.15, -0.1) is 0 Å². The van der Waals surface area contributed by atoms with Crippen LogP contribution in [-0.4, -0.2) is 125 Å². The normalized spacial score (nSPS) is 29.7. The molecule has 1 aromatic carbocycles. The third-order valence-electron chi connectivity index (χ3n) is 12.7. The summed E-state index contributed by atoms with van der Waals surface area (Å²) in [5, 5.41) is 14.7. The molecule has 1 saturated heterocycles. The van der Waals surface area contributed by atoms with Gasteiger partial charge in [-0.2, -0.15) is 4.98 Å². The fourth-order valence-corrected chi connectivity index (χ4v) is 9.82. The summed E-state index contributed by atoms with van der Waals surface area (Å²) in [7, 11) is -2.57. The van der Waals surface area contributed by atoms with Gasteiger partial charge in [0.1, 0.15) is 35.0 Å². The molecule has 1 aromatic heterocycles. The standard InChI is InChI=1S/C41H53F2N5O11S/c1-22-10-7-8-11-24-20-41(24,37(51)46-60(54,55)40(5)15-16-40)45-32(49)30-19-26(21-47(30)35(50)31(23(2)58-22)48(38(52)53)39(3,4)36(42)43)59-34-28-14-13-25(56-6)18-29(28)27-12-9-17-57-33(27)44-34/h8,11,13-14,18,22-24,26,30-31,36H,7,9-10,12,15-17,19-21H2,1-6H3,(H,45,49)(H,46,51)(H,52,53)/b11-8-/t22-,23+,24-,26-,30+,31+,41-/m1/s1. The first-order valence-corrected chi connectivity index (χ1v) is 21.8. The van der Waals surface area contributed by atoms with Crippen LogP contribution in [0.1, 0.15) is 85.1 Å². The Kier molecular flexibility index (Phi) is 11.5. The van der Waals surface area contributed by atoms with Gasteiger partial charge >= 0.3 is 6.09 Å². The molecule has 7 rings (SSSR count). The van der Waals surface area contributed by atoms with Crippen LogP contribution in [0.25, 0.3) is 10.8 Å². The van der Waals surface area contributed by atoms with Crippen molar-refractivity contribution in [1.82, 2.24) is 24.8 Å². The average molecular weight is 862 g/mol. The Bertz CT molecular complexity index is 2200. The first kappa shape index (κ1) is 43.3. The number of aromatic nitrogens is 1. The van der Waals surface area contributed by atoms with Crippen molar-refractivity contribution in [2.75, 3.05) is 20.3 Å². The van der Waals surface area contributed by atoms with E-state index in [9.17, 15) is 36.7 Å². The zero-order valence-electron chi connectivity index (χ0n) is 34.5. The van der Waals surface area contributed by atoms with E-state index in [4.69, 9.17) is 23.9 Å². The summed E-state index contributed by atoms with van der Waals surface area (Å²) in [6.07, 6.45) is -1.60. The lowest BCUT2D eigenvalue weighted by Crippen LogP contribution is -2.66. The smallest absolute Gasteiger partial charge is 0.408 e. The molecule has 3 aliphatic heterocycles. The van der Waals surface area contributed by atoms with Crippen molar-refractivity contribution in [1.29, 1.82) is 0 Å². The molecule has 0 spiro atoms. The Hall–Kier alpha value is -4.78. The second-order valence-corrected chi connectivity index (χ2v) is 19.6. The van der Waals surface area contributed by atoms with E-state index in [2.05, 4.69) is 10.0 Å². The number of carboxylic acid groups (broad SMARTS) is 1. The molecule has 0 bridgehead atoms. The molecule has 16 nitrogen and oxygen atoms in total. The van der Waals surface area contributed by atoms with Gasteiger partial charge in [-0.05, 0) is 103 Å². The summed E-state index contributed by atoms with van der Waals surface area (Å²) in [5.74, 6) is -2.32. The molecule has 5 aliphatic rings. The van der Waals surface area contributed by atoms with Crippen molar-refractivity contribution in [2.24, 2.45) is 5.92 Å². The topological polar surface area (TPSA) is 203 Å². The molecule has 19 heteroatoms. The minimum atomic E-state index is -4.11. The molecule has 0 unspecified atom stereocenters. The maximum Gasteiger partial charge on any atom is 0.408 e. The molecule has 3 N–H and O–H groups in total. The number of ether oxygens (including phenoxy) is 4. The number of amides is 4. The summed E-state index contributed by atoms with van der Waals surface area (Å²) >= 11 is 0. The summed E-state index contributed by atoms with van der Waals surface area (Å²) in [4.78, 5) is 62.9. The first-order valence-electron chi connectivity index (χ1n) is 20.3. The number of alkyl halides is 2. The van der Waals surface area contributed by atoms with Crippen LogP contribution >= 0.6 is 0 Å². The van der Waals surface area contributed by atoms with Crippen molar-refractivity contribution in [3.63, 3.8) is 0 Å². The summed E-state index contributed by atoms with van der Waals surface area (Å²) in [6, 6.07) is 2.01. The number of halogens is 2. The number of sulfonamides is 1. The lowest BCUT2D eigenvalue weighted by molar-refractivity contribution is -0.155. The quantitative estimate of drug-likeness (QED) is 0.302. The van der Waals surface area contributed by atoms with Crippen molar-refractivity contribution in [3.05, 3.63) is 35.9 Å². The number of pyridine rings is 1. The number of hydrogen-bond donors (Lipinski definition) is 3. The Labute approximate surface area is 347 Å². The minimum absolute atomic E-state index is 0.0590. The SMILES string of the molecule is COc1ccc2c(O[C@@H]3C[C@H]4C(=O)N[C@]5(C(=O)NS(=O)(=O)C6(C)CC6)C[C@H]5/C=C\CC[C@@H](C)O[C@@H](C)[C@H](N(C(=O)O)C(C)(C)C(F)F)C(=O)N4C3)nc3c(c2c1)CCCO3. The number of hydrogen-bond acceptors (Lipinski definition) is 11. The van der Waals surface area contributed by atoms with Crippen molar-refractivity contribution < 1.29 is 60.4 Å². The third-order valence-corrected chi connectivity index (χ3v) is 14.8. The van der Waals surface area contributed by atoms with Gasteiger partial charge in [-0.3, -0.25) is 24.0 Å². The Balaban J connectivity index is 1.30. The van der Waals surface area contributed by atoms with E-state index in [0.29, 0.717) is 60.6 Å². The van der Waals surface area contributed by atoms with Gasteiger partial charge in [0.2, 0.25) is 33.6 Å². The second kappa shape index (κ2) is 15.9. The number of rotatable bonds is 9. The number of nitrogens with one attached hydrogen (secondary N) is 2. The van der Waals surface area contributed by atoms with Crippen LogP contribution in [0.15, 0.2) is 30.4 Å². The summed E-state index contributed by atoms with van der Waals surface area (Å²) in [6.45, 7) is 6.76. The lowest BCUT2D eigenvalue weighted by atomic mass is 9.97. The zero-order valence-corrected chi connectivity index (χ0v) is 35.4. The molecule has 60 heavy (non-hydrogen) atoms. The van der Waals surface area contributed by atoms with Crippen molar-refractivity contribution >= 4 is 44.6 Å². The number of fused-ring (bicyclic) bond motifs is 5. The van der Waals surface area contributed by atoms with Gasteiger partial charge in [-0.1, -0.05) is 12.2 Å². The maximum absolute atomic E-state index is 15.1.